The molecule has 2 rings (SSSR count). The zero-order chi connectivity index (χ0) is 11.5. The minimum absolute atomic E-state index is 0.312. The summed E-state index contributed by atoms with van der Waals surface area (Å²) in [4.78, 5) is 18.1. The van der Waals surface area contributed by atoms with Crippen LogP contribution in [0.25, 0.3) is 11.4 Å². The molecule has 0 unspecified atom stereocenters. The van der Waals surface area contributed by atoms with Gasteiger partial charge in [0.25, 0.3) is 5.91 Å². The van der Waals surface area contributed by atoms with Crippen LogP contribution >= 0.6 is 11.6 Å². The molecule has 5 nitrogen and oxygen atoms in total. The Bertz CT molecular complexity index is 506. The highest BCUT2D eigenvalue weighted by molar-refractivity contribution is 6.30. The van der Waals surface area contributed by atoms with Gasteiger partial charge in [0.1, 0.15) is 11.5 Å². The lowest BCUT2D eigenvalue weighted by atomic mass is 10.2. The molecule has 2 aromatic rings. The third-order valence-corrected chi connectivity index (χ3v) is 2.32. The highest BCUT2D eigenvalue weighted by Crippen LogP contribution is 2.18. The third-order valence-electron chi connectivity index (χ3n) is 2.07. The van der Waals surface area contributed by atoms with Crippen LogP contribution < -0.4 is 11.3 Å². The lowest BCUT2D eigenvalue weighted by Crippen LogP contribution is -2.30. The number of nitrogen functional groups attached to an aromatic ring is 1. The quantitative estimate of drug-likeness (QED) is 0.418. The molecule has 0 atom stereocenters. The molecular formula is C10H9ClN4O. The van der Waals surface area contributed by atoms with Crippen molar-refractivity contribution in [2.45, 2.75) is 0 Å². The van der Waals surface area contributed by atoms with Gasteiger partial charge in [-0.1, -0.05) is 11.6 Å². The van der Waals surface area contributed by atoms with Crippen molar-refractivity contribution in [2.75, 3.05) is 0 Å². The molecule has 1 amide bonds. The number of benzene rings is 1. The van der Waals surface area contributed by atoms with Gasteiger partial charge < -0.3 is 4.98 Å². The Labute approximate surface area is 96.6 Å². The van der Waals surface area contributed by atoms with E-state index in [1.54, 1.807) is 12.1 Å². The lowest BCUT2D eigenvalue weighted by molar-refractivity contribution is 0.0949. The number of halogens is 1. The SMILES string of the molecule is NNC(=O)c1cnc(-c2ccc(Cl)cc2)[nH]1. The van der Waals surface area contributed by atoms with Crippen LogP contribution in [0.4, 0.5) is 0 Å². The number of hydrazine groups is 1. The Kier molecular flexibility index (Phi) is 2.89. The normalized spacial score (nSPS) is 10.1. The maximum absolute atomic E-state index is 11.2. The number of hydrogen-bond donors (Lipinski definition) is 3. The monoisotopic (exact) mass is 236 g/mol. The molecule has 0 aliphatic carbocycles. The molecule has 0 aliphatic rings. The van der Waals surface area contributed by atoms with Gasteiger partial charge in [-0.2, -0.15) is 0 Å². The summed E-state index contributed by atoms with van der Waals surface area (Å²) in [5, 5.41) is 0.648. The number of nitrogens with zero attached hydrogens (tertiary/aromatic N) is 1. The van der Waals surface area contributed by atoms with Crippen LogP contribution in [0.1, 0.15) is 10.5 Å². The molecule has 1 aromatic carbocycles. The molecular weight excluding hydrogens is 228 g/mol. The van der Waals surface area contributed by atoms with Gasteiger partial charge in [-0.05, 0) is 24.3 Å². The van der Waals surface area contributed by atoms with Gasteiger partial charge >= 0.3 is 0 Å². The fourth-order valence-electron chi connectivity index (χ4n) is 1.27. The van der Waals surface area contributed by atoms with Gasteiger partial charge in [0.15, 0.2) is 0 Å². The molecule has 0 bridgehead atoms. The molecule has 6 heteroatoms. The molecule has 0 fully saturated rings. The number of nitrogens with one attached hydrogen (secondary N) is 2. The molecule has 0 aliphatic heterocycles. The topological polar surface area (TPSA) is 83.8 Å². The zero-order valence-electron chi connectivity index (χ0n) is 8.20. The summed E-state index contributed by atoms with van der Waals surface area (Å²) in [5.41, 5.74) is 3.18. The molecule has 1 heterocycles. The van der Waals surface area contributed by atoms with Crippen molar-refractivity contribution in [2.24, 2.45) is 5.84 Å². The molecule has 0 spiro atoms. The zero-order valence-corrected chi connectivity index (χ0v) is 8.95. The summed E-state index contributed by atoms with van der Waals surface area (Å²) < 4.78 is 0. The molecule has 4 N–H and O–H groups in total. The van der Waals surface area contributed by atoms with E-state index >= 15 is 0 Å². The first kappa shape index (κ1) is 10.7. The highest BCUT2D eigenvalue weighted by atomic mass is 35.5. The van der Waals surface area contributed by atoms with Gasteiger partial charge in [0.2, 0.25) is 0 Å². The first-order valence-electron chi connectivity index (χ1n) is 4.52. The Balaban J connectivity index is 2.31. The summed E-state index contributed by atoms with van der Waals surface area (Å²) in [6.07, 6.45) is 1.42. The van der Waals surface area contributed by atoms with Crippen molar-refractivity contribution in [1.29, 1.82) is 0 Å². The van der Waals surface area contributed by atoms with Gasteiger partial charge in [-0.3, -0.25) is 10.2 Å². The van der Waals surface area contributed by atoms with Gasteiger partial charge in [-0.25, -0.2) is 10.8 Å². The van der Waals surface area contributed by atoms with Crippen molar-refractivity contribution in [3.05, 3.63) is 41.2 Å². The standard InChI is InChI=1S/C10H9ClN4O/c11-7-3-1-6(2-4-7)9-13-5-8(14-9)10(16)15-12/h1-5H,12H2,(H,13,14)(H,15,16). The predicted molar refractivity (Wildman–Crippen MR) is 60.7 cm³/mol. The smallest absolute Gasteiger partial charge is 0.283 e. The van der Waals surface area contributed by atoms with E-state index in [1.165, 1.54) is 6.20 Å². The number of carbonyl (C=O) groups is 1. The summed E-state index contributed by atoms with van der Waals surface area (Å²) in [5.74, 6) is 5.19. The van der Waals surface area contributed by atoms with Crippen molar-refractivity contribution in [3.63, 3.8) is 0 Å². The second-order valence-electron chi connectivity index (χ2n) is 3.13. The van der Waals surface area contributed by atoms with Gasteiger partial charge in [-0.15, -0.1) is 0 Å². The fraction of sp³-hybridized carbons (Fsp3) is 0. The van der Waals surface area contributed by atoms with E-state index in [0.717, 1.165) is 5.56 Å². The van der Waals surface area contributed by atoms with E-state index in [0.29, 0.717) is 16.5 Å². The second kappa shape index (κ2) is 4.34. The van der Waals surface area contributed by atoms with Crippen molar-refractivity contribution < 1.29 is 4.79 Å². The maximum Gasteiger partial charge on any atom is 0.283 e. The maximum atomic E-state index is 11.2. The number of aromatic nitrogens is 2. The van der Waals surface area contributed by atoms with Crippen LogP contribution in [0.15, 0.2) is 30.5 Å². The van der Waals surface area contributed by atoms with E-state index in [4.69, 9.17) is 17.4 Å². The highest BCUT2D eigenvalue weighted by Gasteiger charge is 2.08. The molecule has 16 heavy (non-hydrogen) atoms. The van der Waals surface area contributed by atoms with Crippen LogP contribution in [0, 0.1) is 0 Å². The number of hydrogen-bond acceptors (Lipinski definition) is 3. The first-order valence-corrected chi connectivity index (χ1v) is 4.90. The van der Waals surface area contributed by atoms with E-state index in [1.807, 2.05) is 17.6 Å². The first-order chi connectivity index (χ1) is 7.70. The molecule has 1 aromatic heterocycles. The molecule has 82 valence electrons. The average Bonchev–Trinajstić information content (AvgIpc) is 2.78. The van der Waals surface area contributed by atoms with Crippen LogP contribution in [-0.4, -0.2) is 15.9 Å². The molecule has 0 saturated heterocycles. The number of carbonyl (C=O) groups excluding carboxylic acids is 1. The van der Waals surface area contributed by atoms with Crippen LogP contribution in [-0.2, 0) is 0 Å². The largest absolute Gasteiger partial charge is 0.334 e. The number of aromatic amines is 1. The Morgan fingerprint density at radius 1 is 1.38 bits per heavy atom. The van der Waals surface area contributed by atoms with Crippen molar-refractivity contribution in [1.82, 2.24) is 15.4 Å². The van der Waals surface area contributed by atoms with Gasteiger partial charge in [0, 0.05) is 10.6 Å². The van der Waals surface area contributed by atoms with E-state index < -0.39 is 5.91 Å². The van der Waals surface area contributed by atoms with Crippen LogP contribution in [0.3, 0.4) is 0 Å². The van der Waals surface area contributed by atoms with Crippen molar-refractivity contribution in [3.8, 4) is 11.4 Å². The third kappa shape index (κ3) is 2.05. The summed E-state index contributed by atoms with van der Waals surface area (Å²) in [7, 11) is 0. The van der Waals surface area contributed by atoms with E-state index in [-0.39, 0.29) is 0 Å². The van der Waals surface area contributed by atoms with Crippen LogP contribution in [0.5, 0.6) is 0 Å². The number of nitrogens with two attached hydrogens (primary N) is 1. The average molecular weight is 237 g/mol. The van der Waals surface area contributed by atoms with E-state index in [2.05, 4.69) is 9.97 Å². The van der Waals surface area contributed by atoms with Crippen molar-refractivity contribution >= 4 is 17.5 Å². The van der Waals surface area contributed by atoms with Crippen LogP contribution in [0.2, 0.25) is 5.02 Å². The Morgan fingerprint density at radius 3 is 2.69 bits per heavy atom. The molecule has 0 radical (unpaired) electrons. The fourth-order valence-corrected chi connectivity index (χ4v) is 1.39. The lowest BCUT2D eigenvalue weighted by Gasteiger charge is -1.97. The Morgan fingerprint density at radius 2 is 2.06 bits per heavy atom. The minimum atomic E-state index is -0.410. The summed E-state index contributed by atoms with van der Waals surface area (Å²) in [6.45, 7) is 0. The summed E-state index contributed by atoms with van der Waals surface area (Å²) >= 11 is 5.77. The van der Waals surface area contributed by atoms with E-state index in [9.17, 15) is 4.79 Å². The number of H-pyrrole nitrogens is 1. The predicted octanol–water partition coefficient (Wildman–Crippen LogP) is 1.33. The number of amides is 1. The minimum Gasteiger partial charge on any atom is -0.334 e. The number of imidazole rings is 1. The molecule has 0 saturated carbocycles. The number of rotatable bonds is 2. The Hall–Kier alpha value is -1.85. The second-order valence-corrected chi connectivity index (χ2v) is 3.56. The van der Waals surface area contributed by atoms with Gasteiger partial charge in [0.05, 0.1) is 6.20 Å². The summed E-state index contributed by atoms with van der Waals surface area (Å²) in [6, 6.07) is 7.13.